The van der Waals surface area contributed by atoms with E-state index in [4.69, 9.17) is 4.98 Å². The molecule has 1 heterocycles. The predicted octanol–water partition coefficient (Wildman–Crippen LogP) is 7.10. The Morgan fingerprint density at radius 2 is 1.57 bits per heavy atom. The predicted molar refractivity (Wildman–Crippen MR) is 149 cm³/mol. The van der Waals surface area contributed by atoms with Crippen LogP contribution in [-0.4, -0.2) is 22.7 Å². The van der Waals surface area contributed by atoms with E-state index in [-0.39, 0.29) is 23.1 Å². The first-order valence-corrected chi connectivity index (χ1v) is 14.5. The summed E-state index contributed by atoms with van der Waals surface area (Å²) < 4.78 is 0. The first-order chi connectivity index (χ1) is 18.0. The van der Waals surface area contributed by atoms with Gasteiger partial charge in [0.25, 0.3) is 0 Å². The lowest BCUT2D eigenvalue weighted by molar-refractivity contribution is -0.123. The molecular formula is C32H33N3OS. The molecule has 4 fully saturated rings. The topological polar surface area (TPSA) is 65.8 Å². The maximum Gasteiger partial charge on any atom is 0.230 e. The van der Waals surface area contributed by atoms with E-state index in [0.29, 0.717) is 10.6 Å². The third kappa shape index (κ3) is 4.80. The highest BCUT2D eigenvalue weighted by atomic mass is 32.2. The van der Waals surface area contributed by atoms with E-state index in [1.165, 1.54) is 50.3 Å². The SMILES string of the molecule is CC(NC(=O)CSc1nc(-c2ccccc2)cc(-c2ccccc2)c1C#N)C12CC3CC(CC(C3)C1)C2. The van der Waals surface area contributed by atoms with Crippen LogP contribution in [0.25, 0.3) is 22.4 Å². The Kier molecular flexibility index (Phi) is 6.55. The molecule has 4 saturated carbocycles. The Morgan fingerprint density at radius 1 is 1.00 bits per heavy atom. The van der Waals surface area contributed by atoms with Crippen molar-refractivity contribution >= 4 is 17.7 Å². The second-order valence-corrected chi connectivity index (χ2v) is 12.4. The highest BCUT2D eigenvalue weighted by Crippen LogP contribution is 2.61. The van der Waals surface area contributed by atoms with Crippen molar-refractivity contribution in [2.75, 3.05) is 5.75 Å². The van der Waals surface area contributed by atoms with Crippen molar-refractivity contribution in [2.24, 2.45) is 23.2 Å². The van der Waals surface area contributed by atoms with Gasteiger partial charge in [-0.15, -0.1) is 0 Å². The highest BCUT2D eigenvalue weighted by molar-refractivity contribution is 8.00. The number of thioether (sulfide) groups is 1. The molecule has 4 aliphatic rings. The molecule has 4 aliphatic carbocycles. The first-order valence-electron chi connectivity index (χ1n) is 13.5. The molecule has 0 radical (unpaired) electrons. The Balaban J connectivity index is 1.23. The fourth-order valence-electron chi connectivity index (χ4n) is 7.61. The van der Waals surface area contributed by atoms with Crippen molar-refractivity contribution in [3.8, 4) is 28.5 Å². The van der Waals surface area contributed by atoms with Gasteiger partial charge in [0, 0.05) is 17.2 Å². The number of nitriles is 1. The minimum Gasteiger partial charge on any atom is -0.352 e. The van der Waals surface area contributed by atoms with Crippen LogP contribution in [0.5, 0.6) is 0 Å². The summed E-state index contributed by atoms with van der Waals surface area (Å²) in [6.07, 6.45) is 8.02. The maximum absolute atomic E-state index is 13.2. The molecule has 1 unspecified atom stereocenters. The van der Waals surface area contributed by atoms with Crippen molar-refractivity contribution in [3.63, 3.8) is 0 Å². The van der Waals surface area contributed by atoms with E-state index in [2.05, 4.69) is 18.3 Å². The third-order valence-corrected chi connectivity index (χ3v) is 9.95. The van der Waals surface area contributed by atoms with Crippen molar-refractivity contribution in [2.45, 2.75) is 56.5 Å². The van der Waals surface area contributed by atoms with Crippen LogP contribution in [0.1, 0.15) is 51.0 Å². The number of hydrogen-bond acceptors (Lipinski definition) is 4. The molecule has 5 heteroatoms. The van der Waals surface area contributed by atoms with Gasteiger partial charge >= 0.3 is 0 Å². The number of hydrogen-bond donors (Lipinski definition) is 1. The van der Waals surface area contributed by atoms with E-state index < -0.39 is 0 Å². The number of aromatic nitrogens is 1. The Morgan fingerprint density at radius 3 is 2.14 bits per heavy atom. The quantitative estimate of drug-likeness (QED) is 0.346. The molecule has 37 heavy (non-hydrogen) atoms. The van der Waals surface area contributed by atoms with Gasteiger partial charge in [-0.25, -0.2) is 4.98 Å². The van der Waals surface area contributed by atoms with Crippen LogP contribution in [0.2, 0.25) is 0 Å². The first kappa shape index (κ1) is 24.2. The lowest BCUT2D eigenvalue weighted by Gasteiger charge is -2.59. The Hall–Kier alpha value is -3.10. The van der Waals surface area contributed by atoms with Gasteiger partial charge in [0.05, 0.1) is 17.0 Å². The number of carbonyl (C=O) groups is 1. The van der Waals surface area contributed by atoms with Gasteiger partial charge in [-0.05, 0) is 80.2 Å². The summed E-state index contributed by atoms with van der Waals surface area (Å²) in [5.74, 6) is 2.87. The van der Waals surface area contributed by atoms with E-state index in [0.717, 1.165) is 40.1 Å². The van der Waals surface area contributed by atoms with Crippen LogP contribution >= 0.6 is 11.8 Å². The van der Waals surface area contributed by atoms with Crippen molar-refractivity contribution in [1.29, 1.82) is 5.26 Å². The Bertz CT molecular complexity index is 1300. The van der Waals surface area contributed by atoms with E-state index in [1.807, 2.05) is 66.7 Å². The summed E-state index contributed by atoms with van der Waals surface area (Å²) in [7, 11) is 0. The van der Waals surface area contributed by atoms with Gasteiger partial charge in [-0.3, -0.25) is 4.79 Å². The number of rotatable bonds is 7. The van der Waals surface area contributed by atoms with Crippen molar-refractivity contribution in [3.05, 3.63) is 72.3 Å². The molecule has 4 bridgehead atoms. The smallest absolute Gasteiger partial charge is 0.230 e. The summed E-state index contributed by atoms with van der Waals surface area (Å²) in [6, 6.07) is 24.5. The van der Waals surface area contributed by atoms with Crippen LogP contribution in [0.3, 0.4) is 0 Å². The minimum absolute atomic E-state index is 0.0327. The Labute approximate surface area is 223 Å². The molecule has 4 nitrogen and oxygen atoms in total. The van der Waals surface area contributed by atoms with Gasteiger partial charge in [-0.1, -0.05) is 72.4 Å². The van der Waals surface area contributed by atoms with Gasteiger partial charge < -0.3 is 5.32 Å². The standard InChI is InChI=1S/C32H33N3OS/c1-21(32-16-22-12-23(17-32)14-24(13-22)18-32)34-30(36)20-37-31-28(19-33)27(25-8-4-2-5-9-25)15-29(35-31)26-10-6-3-7-11-26/h2-11,15,21-24H,12-14,16-18,20H2,1H3,(H,34,36). The molecule has 3 aromatic rings. The van der Waals surface area contributed by atoms with Crippen molar-refractivity contribution in [1.82, 2.24) is 10.3 Å². The summed E-state index contributed by atoms with van der Waals surface area (Å²) in [4.78, 5) is 18.1. The molecular weight excluding hydrogens is 474 g/mol. The lowest BCUT2D eigenvalue weighted by Crippen LogP contribution is -2.56. The van der Waals surface area contributed by atoms with E-state index in [1.54, 1.807) is 0 Å². The maximum atomic E-state index is 13.2. The number of benzene rings is 2. The summed E-state index contributed by atoms with van der Waals surface area (Å²) in [5.41, 5.74) is 4.42. The summed E-state index contributed by atoms with van der Waals surface area (Å²) >= 11 is 1.37. The molecule has 7 rings (SSSR count). The van der Waals surface area contributed by atoms with Gasteiger partial charge in [0.15, 0.2) is 0 Å². The summed E-state index contributed by atoms with van der Waals surface area (Å²) in [5, 5.41) is 14.1. The molecule has 1 aromatic heterocycles. The van der Waals surface area contributed by atoms with Crippen LogP contribution in [-0.2, 0) is 4.79 Å². The average molecular weight is 508 g/mol. The van der Waals surface area contributed by atoms with Gasteiger partial charge in [-0.2, -0.15) is 5.26 Å². The molecule has 188 valence electrons. The number of pyridine rings is 1. The summed E-state index contributed by atoms with van der Waals surface area (Å²) in [6.45, 7) is 2.22. The van der Waals surface area contributed by atoms with Crippen LogP contribution in [0.15, 0.2) is 71.8 Å². The zero-order chi connectivity index (χ0) is 25.4. The fraction of sp³-hybridized carbons (Fsp3) is 0.406. The van der Waals surface area contributed by atoms with Crippen LogP contribution in [0, 0.1) is 34.5 Å². The highest BCUT2D eigenvalue weighted by Gasteiger charge is 2.53. The van der Waals surface area contributed by atoms with Gasteiger partial charge in [0.2, 0.25) is 5.91 Å². The molecule has 1 amide bonds. The molecule has 2 aromatic carbocycles. The zero-order valence-electron chi connectivity index (χ0n) is 21.3. The van der Waals surface area contributed by atoms with Crippen molar-refractivity contribution < 1.29 is 4.79 Å². The molecule has 1 N–H and O–H groups in total. The minimum atomic E-state index is 0.0327. The second-order valence-electron chi connectivity index (χ2n) is 11.4. The number of carbonyl (C=O) groups excluding carboxylic acids is 1. The largest absolute Gasteiger partial charge is 0.352 e. The average Bonchev–Trinajstić information content (AvgIpc) is 2.91. The molecule has 0 saturated heterocycles. The monoisotopic (exact) mass is 507 g/mol. The van der Waals surface area contributed by atoms with Gasteiger partial charge in [0.1, 0.15) is 11.1 Å². The second kappa shape index (κ2) is 9.99. The molecule has 0 aliphatic heterocycles. The molecule has 0 spiro atoms. The van der Waals surface area contributed by atoms with Crippen LogP contribution in [0.4, 0.5) is 0 Å². The lowest BCUT2D eigenvalue weighted by atomic mass is 9.48. The van der Waals surface area contributed by atoms with E-state index >= 15 is 0 Å². The number of nitrogens with zero attached hydrogens (tertiary/aromatic N) is 2. The fourth-order valence-corrected chi connectivity index (χ4v) is 8.43. The normalized spacial score (nSPS) is 26.4. The van der Waals surface area contributed by atoms with E-state index in [9.17, 15) is 10.1 Å². The third-order valence-electron chi connectivity index (χ3n) is 8.97. The zero-order valence-corrected chi connectivity index (χ0v) is 22.1. The number of nitrogens with one attached hydrogen (secondary N) is 1. The van der Waals surface area contributed by atoms with Crippen LogP contribution < -0.4 is 5.32 Å². The molecule has 1 atom stereocenters. The number of amides is 1.